The summed E-state index contributed by atoms with van der Waals surface area (Å²) in [5.41, 5.74) is 0.633. The Morgan fingerprint density at radius 3 is 2.29 bits per heavy atom. The molecule has 23 nitrogen and oxygen atoms in total. The Bertz CT molecular complexity index is 2390. The maximum Gasteiger partial charge on any atom is 0.307 e. The van der Waals surface area contributed by atoms with E-state index in [4.69, 9.17) is 14.2 Å². The van der Waals surface area contributed by atoms with Gasteiger partial charge in [0.25, 0.3) is 11.8 Å². The number of carbonyl (C=O) groups is 9. The zero-order valence-corrected chi connectivity index (χ0v) is 48.6. The highest BCUT2D eigenvalue weighted by Gasteiger charge is 2.37. The molecule has 7 N–H and O–H groups in total. The number of carboxylic acids is 1. The van der Waals surface area contributed by atoms with Crippen LogP contribution in [0.4, 0.5) is 5.69 Å². The number of phenolic OH excluding ortho intramolecular Hbond substituents is 1. The number of anilines is 1. The van der Waals surface area contributed by atoms with Crippen LogP contribution in [0.15, 0.2) is 34.1 Å². The van der Waals surface area contributed by atoms with Crippen molar-refractivity contribution in [3.05, 3.63) is 50.4 Å². The second-order valence-electron chi connectivity index (χ2n) is 19.6. The molecule has 1 aromatic carbocycles. The van der Waals surface area contributed by atoms with Crippen molar-refractivity contribution in [3.63, 3.8) is 0 Å². The fraction of sp³-hybridized carbons (Fsp3) is 0.623. The predicted molar refractivity (Wildman–Crippen MR) is 293 cm³/mol. The van der Waals surface area contributed by atoms with Gasteiger partial charge in [-0.2, -0.15) is 0 Å². The number of methoxy groups -OCH3 is 1. The molecule has 1 saturated heterocycles. The zero-order valence-electron chi connectivity index (χ0n) is 46.1. The van der Waals surface area contributed by atoms with Gasteiger partial charge in [0.2, 0.25) is 23.6 Å². The smallest absolute Gasteiger partial charge is 0.307 e. The topological polar surface area (TPSA) is 311 Å². The van der Waals surface area contributed by atoms with Crippen molar-refractivity contribution in [2.45, 2.75) is 130 Å². The van der Waals surface area contributed by atoms with Gasteiger partial charge in [-0.3, -0.25) is 48.1 Å². The van der Waals surface area contributed by atoms with Gasteiger partial charge in [0.1, 0.15) is 22.5 Å². The van der Waals surface area contributed by atoms with E-state index in [1.54, 1.807) is 18.0 Å². The van der Waals surface area contributed by atoms with Gasteiger partial charge in [-0.25, -0.2) is 4.98 Å². The maximum atomic E-state index is 14.3. The van der Waals surface area contributed by atoms with Crippen LogP contribution in [0.2, 0.25) is 0 Å². The van der Waals surface area contributed by atoms with Gasteiger partial charge in [-0.1, -0.05) is 53.5 Å². The van der Waals surface area contributed by atoms with E-state index in [0.717, 1.165) is 36.8 Å². The van der Waals surface area contributed by atoms with E-state index in [1.165, 1.54) is 38.5 Å². The second-order valence-corrected chi connectivity index (χ2v) is 21.4. The number of thiazole rings is 1. The first-order chi connectivity index (χ1) is 36.9. The van der Waals surface area contributed by atoms with Crippen molar-refractivity contribution in [1.29, 1.82) is 0 Å². The van der Waals surface area contributed by atoms with Crippen molar-refractivity contribution < 1.29 is 72.3 Å². The predicted octanol–water partition coefficient (Wildman–Crippen LogP) is 4.23. The maximum absolute atomic E-state index is 14.3. The Hall–Kier alpha value is -6.02. The number of esters is 2. The van der Waals surface area contributed by atoms with Crippen molar-refractivity contribution >= 4 is 86.3 Å². The molecule has 6 amide bonds. The van der Waals surface area contributed by atoms with Gasteiger partial charge in [-0.15, -0.1) is 11.3 Å². The molecule has 0 spiro atoms. The SMILES string of the molecule is CC[C@H](C)[C@H](NC(=O)[C@H]1CCCCN1C)C(=O)N(C)C(C[C@@H](OC(C)=O)c1nc(C(=O)N[C@@H](Cc2ccc(O)c(NC(=O)CCOCCOCCNC(=O)/C=C(/Br)C(=O)NCCC(=O)OC)c2)CC(C)C(=O)O)cs1)C(C)C. The molecule has 7 atom stereocenters. The standard InChI is InChI=1S/C53H79BrN8O15S/c1-10-32(4)47(60-50(70)40-13-11-12-20-61(40)7)52(71)62(8)41(31(2)3)29-43(77-34(6)63)51-59-39(30-78-51)49(69)57-36(25-33(5)53(72)73)26-35-14-15-42(64)38(27-35)58-44(65)17-21-75-23-24-76-22-19-55-45(66)28-37(54)48(68)56-18-16-46(67)74-9/h14-15,27-28,30-33,36,40-41,43,47,64H,10-13,16-26,29H2,1-9H3,(H,55,66)(H,56,68)(H,57,69)(H,58,65)(H,60,70)(H,72,73)/b37-28+/t32-,33?,36+,40+,41?,43+,47-/m0/s1. The van der Waals surface area contributed by atoms with E-state index in [9.17, 15) is 53.4 Å². The Kier molecular flexibility index (Phi) is 29.0. The molecule has 1 aliphatic heterocycles. The van der Waals surface area contributed by atoms with Crippen molar-refractivity contribution in [1.82, 2.24) is 36.1 Å². The van der Waals surface area contributed by atoms with Crippen LogP contribution in [0.1, 0.15) is 120 Å². The minimum atomic E-state index is -1.08. The number of amides is 6. The number of rotatable bonds is 33. The molecule has 2 heterocycles. The molecular formula is C53H79BrN8O15S. The van der Waals surface area contributed by atoms with Gasteiger partial charge in [0.05, 0.1) is 68.5 Å². The zero-order chi connectivity index (χ0) is 58.1. The number of carbonyl (C=O) groups excluding carboxylic acids is 8. The average molecular weight is 1180 g/mol. The third kappa shape index (κ3) is 22.8. The number of aromatic nitrogens is 1. The molecule has 2 unspecified atom stereocenters. The van der Waals surface area contributed by atoms with Crippen LogP contribution in [0.3, 0.4) is 0 Å². The summed E-state index contributed by atoms with van der Waals surface area (Å²) in [7, 11) is 4.82. The summed E-state index contributed by atoms with van der Waals surface area (Å²) in [5.74, 6) is -6.26. The number of hydrogen-bond acceptors (Lipinski definition) is 17. The van der Waals surface area contributed by atoms with E-state index in [2.05, 4.69) is 52.2 Å². The van der Waals surface area contributed by atoms with Crippen LogP contribution < -0.4 is 26.6 Å². The summed E-state index contributed by atoms with van der Waals surface area (Å²) in [5, 5.41) is 35.9. The normalized spacial score (nSPS) is 16.1. The van der Waals surface area contributed by atoms with E-state index in [1.807, 2.05) is 39.6 Å². The molecule has 1 aliphatic rings. The molecule has 25 heteroatoms. The third-order valence-corrected chi connectivity index (χ3v) is 14.7. The van der Waals surface area contributed by atoms with Gasteiger partial charge in [-0.05, 0) is 84.7 Å². The third-order valence-electron chi connectivity index (χ3n) is 13.2. The molecular weight excluding hydrogens is 1100 g/mol. The lowest BCUT2D eigenvalue weighted by Crippen LogP contribution is -2.58. The number of hydrogen-bond donors (Lipinski definition) is 7. The van der Waals surface area contributed by atoms with E-state index < -0.39 is 71.7 Å². The van der Waals surface area contributed by atoms with E-state index in [0.29, 0.717) is 23.4 Å². The number of aromatic hydroxyl groups is 1. The fourth-order valence-electron chi connectivity index (χ4n) is 8.48. The molecule has 0 bridgehead atoms. The quantitative estimate of drug-likeness (QED) is 0.0228. The van der Waals surface area contributed by atoms with Crippen LogP contribution in [0.5, 0.6) is 5.75 Å². The number of piperidine rings is 1. The minimum Gasteiger partial charge on any atom is -0.506 e. The number of ether oxygens (including phenoxy) is 4. The second kappa shape index (κ2) is 34.1. The van der Waals surface area contributed by atoms with E-state index in [-0.39, 0.29) is 123 Å². The molecule has 1 fully saturated rings. The highest BCUT2D eigenvalue weighted by Crippen LogP contribution is 2.32. The fourth-order valence-corrected chi connectivity index (χ4v) is 9.66. The first kappa shape index (κ1) is 66.3. The number of likely N-dealkylation sites (tertiary alicyclic amines) is 1. The average Bonchev–Trinajstić information content (AvgIpc) is 3.89. The summed E-state index contributed by atoms with van der Waals surface area (Å²) in [6, 6.07) is 2.11. The summed E-state index contributed by atoms with van der Waals surface area (Å²) in [6.45, 7) is 11.9. The lowest BCUT2D eigenvalue weighted by molar-refractivity contribution is -0.149. The van der Waals surface area contributed by atoms with Gasteiger partial charge >= 0.3 is 17.9 Å². The molecule has 3 rings (SSSR count). The monoisotopic (exact) mass is 1180 g/mol. The minimum absolute atomic E-state index is 0.00760. The molecule has 434 valence electrons. The number of phenols is 1. The van der Waals surface area contributed by atoms with Crippen LogP contribution in [-0.4, -0.2) is 170 Å². The Morgan fingerprint density at radius 2 is 1.65 bits per heavy atom. The van der Waals surface area contributed by atoms with Crippen LogP contribution >= 0.6 is 27.3 Å². The largest absolute Gasteiger partial charge is 0.506 e. The number of nitrogens with zero attached hydrogens (tertiary/aromatic N) is 3. The molecule has 2 aromatic rings. The lowest BCUT2D eigenvalue weighted by atomic mass is 9.92. The van der Waals surface area contributed by atoms with Gasteiger partial charge in [0, 0.05) is 57.0 Å². The summed E-state index contributed by atoms with van der Waals surface area (Å²) >= 11 is 4.11. The van der Waals surface area contributed by atoms with Crippen molar-refractivity contribution in [2.75, 3.05) is 72.6 Å². The number of likely N-dealkylation sites (N-methyl/N-ethyl adjacent to an activating group) is 2. The number of carboxylic acid groups (broad SMARTS) is 1. The van der Waals surface area contributed by atoms with Gasteiger partial charge < -0.3 is 60.6 Å². The lowest BCUT2D eigenvalue weighted by Gasteiger charge is -2.38. The highest BCUT2D eigenvalue weighted by molar-refractivity contribution is 9.12. The summed E-state index contributed by atoms with van der Waals surface area (Å²) in [6.07, 6.45) is 3.52. The highest BCUT2D eigenvalue weighted by atomic mass is 79.9. The summed E-state index contributed by atoms with van der Waals surface area (Å²) in [4.78, 5) is 123. The van der Waals surface area contributed by atoms with Crippen LogP contribution in [-0.2, 0) is 63.7 Å². The number of benzene rings is 1. The van der Waals surface area contributed by atoms with E-state index >= 15 is 0 Å². The molecule has 0 saturated carbocycles. The number of halogens is 1. The molecule has 0 aliphatic carbocycles. The Morgan fingerprint density at radius 1 is 0.949 bits per heavy atom. The molecule has 1 aromatic heterocycles. The number of aliphatic carboxylic acids is 1. The Balaban J connectivity index is 1.60. The molecule has 0 radical (unpaired) electrons. The first-order valence-electron chi connectivity index (χ1n) is 26.2. The van der Waals surface area contributed by atoms with Gasteiger partial charge in [0.15, 0.2) is 6.10 Å². The number of nitrogens with one attached hydrogen (secondary N) is 5. The van der Waals surface area contributed by atoms with Crippen LogP contribution in [0, 0.1) is 17.8 Å². The van der Waals surface area contributed by atoms with Crippen molar-refractivity contribution in [3.8, 4) is 5.75 Å². The molecule has 78 heavy (non-hydrogen) atoms. The van der Waals surface area contributed by atoms with Crippen molar-refractivity contribution in [2.24, 2.45) is 17.8 Å². The van der Waals surface area contributed by atoms with Crippen LogP contribution in [0.25, 0.3) is 0 Å². The summed E-state index contributed by atoms with van der Waals surface area (Å²) < 4.78 is 21.2. The Labute approximate surface area is 468 Å². The first-order valence-corrected chi connectivity index (χ1v) is 27.8.